The normalized spacial score (nSPS) is 22.9. The van der Waals surface area contributed by atoms with Crippen molar-refractivity contribution in [2.45, 2.75) is 63.6 Å². The molecule has 9 nitrogen and oxygen atoms in total. The van der Waals surface area contributed by atoms with Crippen LogP contribution in [0, 0.1) is 11.3 Å². The third-order valence-corrected chi connectivity index (χ3v) is 9.93. The minimum Gasteiger partial charge on any atom is -0.480 e. The zero-order valence-electron chi connectivity index (χ0n) is 25.6. The fourth-order valence-corrected chi connectivity index (χ4v) is 7.65. The minimum absolute atomic E-state index is 0. The van der Waals surface area contributed by atoms with E-state index in [0.29, 0.717) is 44.2 Å². The average Bonchev–Trinajstić information content (AvgIpc) is 3.51. The fourth-order valence-electron chi connectivity index (χ4n) is 7.65. The van der Waals surface area contributed by atoms with Gasteiger partial charge in [0.2, 0.25) is 0 Å². The van der Waals surface area contributed by atoms with Crippen molar-refractivity contribution >= 4 is 41.6 Å². The molecular formula is C34H41N5NaO4. The van der Waals surface area contributed by atoms with Crippen LogP contribution in [0.2, 0.25) is 0 Å². The van der Waals surface area contributed by atoms with Gasteiger partial charge in [0.25, 0.3) is 5.56 Å². The number of likely N-dealkylation sites (tertiary alicyclic amines) is 2. The van der Waals surface area contributed by atoms with Crippen LogP contribution in [0.1, 0.15) is 56.6 Å². The number of aliphatic carboxylic acids is 1. The first-order valence-corrected chi connectivity index (χ1v) is 15.6. The van der Waals surface area contributed by atoms with Crippen molar-refractivity contribution in [1.82, 2.24) is 24.7 Å². The van der Waals surface area contributed by atoms with Gasteiger partial charge >= 0.3 is 12.0 Å². The second kappa shape index (κ2) is 14.4. The molecule has 3 atom stereocenters. The van der Waals surface area contributed by atoms with Gasteiger partial charge in [-0.15, -0.1) is 0 Å². The van der Waals surface area contributed by atoms with Gasteiger partial charge in [-0.2, -0.15) is 0 Å². The predicted molar refractivity (Wildman–Crippen MR) is 170 cm³/mol. The Labute approximate surface area is 281 Å². The molecule has 1 radical (unpaired) electrons. The smallest absolute Gasteiger partial charge is 0.320 e. The minimum atomic E-state index is -0.871. The molecule has 1 spiro atoms. The number of amides is 2. The van der Waals surface area contributed by atoms with Crippen LogP contribution in [0.15, 0.2) is 77.9 Å². The Morgan fingerprint density at radius 3 is 2.36 bits per heavy atom. The van der Waals surface area contributed by atoms with E-state index in [0.717, 1.165) is 49.7 Å². The summed E-state index contributed by atoms with van der Waals surface area (Å²) in [5.74, 6) is -0.568. The van der Waals surface area contributed by atoms with E-state index < -0.39 is 5.97 Å². The Morgan fingerprint density at radius 2 is 1.68 bits per heavy atom. The molecule has 3 aliphatic rings. The van der Waals surface area contributed by atoms with E-state index in [1.807, 2.05) is 53.4 Å². The summed E-state index contributed by atoms with van der Waals surface area (Å²) in [6.45, 7) is 2.49. The second-order valence-electron chi connectivity index (χ2n) is 12.5. The molecule has 2 aromatic carbocycles. The van der Waals surface area contributed by atoms with Crippen molar-refractivity contribution < 1.29 is 14.7 Å². The Hall–Kier alpha value is -2.98. The number of hydrogen-bond acceptors (Lipinski definition) is 5. The molecule has 1 aliphatic carbocycles. The van der Waals surface area contributed by atoms with Crippen LogP contribution in [0.5, 0.6) is 0 Å². The van der Waals surface area contributed by atoms with Crippen molar-refractivity contribution in [1.29, 1.82) is 0 Å². The van der Waals surface area contributed by atoms with E-state index in [4.69, 9.17) is 0 Å². The molecule has 0 bridgehead atoms. The molecule has 1 saturated carbocycles. The SMILES string of the molecule is O=C(O)CN[C@@H]1CCN(C(=O)N2CC[C@@H](Cn3cnc(-c4ccccc4)cc3=O)C3(CCCC3)C2)[C@H](c2ccccc2)C1.[Na]. The first-order chi connectivity index (χ1) is 20.9. The third kappa shape index (κ3) is 7.12. The summed E-state index contributed by atoms with van der Waals surface area (Å²) in [4.78, 5) is 47.2. The summed E-state index contributed by atoms with van der Waals surface area (Å²) >= 11 is 0. The molecule has 3 heterocycles. The molecule has 227 valence electrons. The quantitative estimate of drug-likeness (QED) is 0.386. The van der Waals surface area contributed by atoms with Crippen molar-refractivity contribution in [2.24, 2.45) is 11.3 Å². The monoisotopic (exact) mass is 606 g/mol. The van der Waals surface area contributed by atoms with Crippen molar-refractivity contribution in [3.8, 4) is 11.3 Å². The molecular weight excluding hydrogens is 565 g/mol. The fraction of sp³-hybridized carbons (Fsp3) is 0.471. The zero-order valence-corrected chi connectivity index (χ0v) is 27.6. The summed E-state index contributed by atoms with van der Waals surface area (Å²) < 4.78 is 1.76. The van der Waals surface area contributed by atoms with E-state index in [1.54, 1.807) is 17.0 Å². The number of rotatable bonds is 7. The Morgan fingerprint density at radius 1 is 0.977 bits per heavy atom. The van der Waals surface area contributed by atoms with Crippen molar-refractivity contribution in [3.63, 3.8) is 0 Å². The molecule has 0 unspecified atom stereocenters. The number of aromatic nitrogens is 2. The number of carbonyl (C=O) groups is 2. The van der Waals surface area contributed by atoms with E-state index in [9.17, 15) is 19.5 Å². The van der Waals surface area contributed by atoms with Crippen LogP contribution >= 0.6 is 0 Å². The number of urea groups is 1. The molecule has 44 heavy (non-hydrogen) atoms. The molecule has 2 N–H and O–H groups in total. The van der Waals surface area contributed by atoms with E-state index in [-0.39, 0.29) is 65.2 Å². The second-order valence-corrected chi connectivity index (χ2v) is 12.5. The molecule has 1 aromatic heterocycles. The van der Waals surface area contributed by atoms with Crippen LogP contribution < -0.4 is 10.9 Å². The van der Waals surface area contributed by atoms with Gasteiger partial charge in [0.05, 0.1) is 24.6 Å². The number of carbonyl (C=O) groups excluding carboxylic acids is 1. The number of nitrogens with one attached hydrogen (secondary N) is 1. The van der Waals surface area contributed by atoms with Crippen molar-refractivity contribution in [2.75, 3.05) is 26.2 Å². The summed E-state index contributed by atoms with van der Waals surface area (Å²) in [5.41, 5.74) is 2.66. The van der Waals surface area contributed by atoms with Crippen LogP contribution in [-0.2, 0) is 11.3 Å². The first kappa shape index (κ1) is 32.4. The van der Waals surface area contributed by atoms with Crippen LogP contribution in [0.4, 0.5) is 4.79 Å². The van der Waals surface area contributed by atoms with E-state index >= 15 is 0 Å². The molecule has 10 heteroatoms. The van der Waals surface area contributed by atoms with Gasteiger partial charge in [-0.25, -0.2) is 9.78 Å². The molecule has 3 fully saturated rings. The molecule has 2 saturated heterocycles. The van der Waals surface area contributed by atoms with Gasteiger partial charge in [0.15, 0.2) is 0 Å². The third-order valence-electron chi connectivity index (χ3n) is 9.93. The van der Waals surface area contributed by atoms with Gasteiger partial charge in [-0.3, -0.25) is 14.2 Å². The summed E-state index contributed by atoms with van der Waals surface area (Å²) in [7, 11) is 0. The Kier molecular flexibility index (Phi) is 10.6. The predicted octanol–water partition coefficient (Wildman–Crippen LogP) is 4.41. The molecule has 2 aliphatic heterocycles. The maximum atomic E-state index is 14.2. The topological polar surface area (TPSA) is 108 Å². The summed E-state index contributed by atoms with van der Waals surface area (Å²) in [6.07, 6.45) is 8.36. The Balaban J connectivity index is 0.00000384. The maximum absolute atomic E-state index is 14.2. The van der Waals surface area contributed by atoms with Gasteiger partial charge in [-0.05, 0) is 49.0 Å². The zero-order chi connectivity index (χ0) is 29.8. The number of nitrogens with zero attached hydrogens (tertiary/aromatic N) is 4. The van der Waals surface area contributed by atoms with Crippen LogP contribution in [-0.4, -0.2) is 98.2 Å². The number of benzene rings is 2. The van der Waals surface area contributed by atoms with Gasteiger partial charge in [0, 0.05) is 73.4 Å². The number of piperidine rings is 2. The molecule has 6 rings (SSSR count). The van der Waals surface area contributed by atoms with Crippen molar-refractivity contribution in [3.05, 3.63) is 89.0 Å². The first-order valence-electron chi connectivity index (χ1n) is 15.6. The average molecular weight is 607 g/mol. The van der Waals surface area contributed by atoms with Crippen LogP contribution in [0.3, 0.4) is 0 Å². The van der Waals surface area contributed by atoms with Gasteiger partial charge in [0.1, 0.15) is 0 Å². The van der Waals surface area contributed by atoms with Crippen LogP contribution in [0.25, 0.3) is 11.3 Å². The van der Waals surface area contributed by atoms with Gasteiger partial charge in [-0.1, -0.05) is 73.5 Å². The summed E-state index contributed by atoms with van der Waals surface area (Å²) in [5, 5.41) is 12.3. The van der Waals surface area contributed by atoms with Gasteiger partial charge < -0.3 is 20.2 Å². The number of carboxylic acids is 1. The Bertz CT molecular complexity index is 1480. The maximum Gasteiger partial charge on any atom is 0.320 e. The van der Waals surface area contributed by atoms with E-state index in [2.05, 4.69) is 27.3 Å². The van der Waals surface area contributed by atoms with E-state index in [1.165, 1.54) is 0 Å². The largest absolute Gasteiger partial charge is 0.480 e. The summed E-state index contributed by atoms with van der Waals surface area (Å²) in [6, 6.07) is 21.5. The molecule has 2 amide bonds. The number of hydrogen-bond donors (Lipinski definition) is 2. The standard InChI is InChI=1S/C34H41N5O4.Na/c40-31-20-29(25-9-3-1-4-10-25)36-24-38(31)22-27-13-17-37(23-34(27)15-7-8-16-34)33(43)39-18-14-28(35-21-32(41)42)19-30(39)26-11-5-2-6-12-26;/h1-6,9-12,20,24,27-28,30,35H,7-8,13-19,21-23H2,(H,41,42);/t27-,28+,30-;/m0./s1. The number of carboxylic acid groups (broad SMARTS) is 1. The molecule has 3 aromatic rings.